The van der Waals surface area contributed by atoms with E-state index in [1.807, 2.05) is 6.08 Å². The van der Waals surface area contributed by atoms with Crippen molar-refractivity contribution >= 4 is 40.9 Å². The predicted molar refractivity (Wildman–Crippen MR) is 127 cm³/mol. The number of phenols is 1. The first-order valence-electron chi connectivity index (χ1n) is 11.8. The van der Waals surface area contributed by atoms with E-state index in [1.165, 1.54) is 18.2 Å². The first-order chi connectivity index (χ1) is 17.1. The van der Waals surface area contributed by atoms with Gasteiger partial charge in [0.15, 0.2) is 0 Å². The van der Waals surface area contributed by atoms with Crippen LogP contribution in [0.15, 0.2) is 54.1 Å². The third-order valence-electron chi connectivity index (χ3n) is 8.53. The number of hydrogen-bond acceptors (Lipinski definition) is 5. The Morgan fingerprint density at radius 3 is 2.56 bits per heavy atom. The van der Waals surface area contributed by atoms with E-state index in [-0.39, 0.29) is 34.7 Å². The molecule has 2 saturated heterocycles. The number of nitrogens with one attached hydrogen (secondary N) is 1. The highest BCUT2D eigenvalue weighted by atomic mass is 35.5. The van der Waals surface area contributed by atoms with Crippen LogP contribution in [-0.2, 0) is 19.2 Å². The van der Waals surface area contributed by atoms with Crippen molar-refractivity contribution in [1.82, 2.24) is 5.32 Å². The number of amides is 4. The monoisotopic (exact) mass is 508 g/mol. The van der Waals surface area contributed by atoms with Crippen molar-refractivity contribution in [3.63, 3.8) is 0 Å². The minimum Gasteiger partial charge on any atom is -0.508 e. The molecule has 2 aliphatic heterocycles. The number of rotatable bonds is 2. The van der Waals surface area contributed by atoms with Crippen LogP contribution in [0.4, 0.5) is 10.1 Å². The highest BCUT2D eigenvalue weighted by molar-refractivity contribution is 6.31. The fourth-order valence-electron chi connectivity index (χ4n) is 6.87. The van der Waals surface area contributed by atoms with Crippen LogP contribution in [0.2, 0.25) is 5.02 Å². The quantitative estimate of drug-likeness (QED) is 0.475. The second kappa shape index (κ2) is 7.74. The molecule has 6 atom stereocenters. The van der Waals surface area contributed by atoms with Gasteiger partial charge in [-0.2, -0.15) is 0 Å². The molecule has 2 heterocycles. The molecule has 2 aromatic carbocycles. The number of halogens is 2. The molecule has 1 saturated carbocycles. The zero-order valence-corrected chi connectivity index (χ0v) is 20.0. The average molecular weight is 509 g/mol. The van der Waals surface area contributed by atoms with Crippen LogP contribution >= 0.6 is 11.6 Å². The van der Waals surface area contributed by atoms with Gasteiger partial charge in [0.1, 0.15) is 11.6 Å². The van der Waals surface area contributed by atoms with E-state index in [9.17, 15) is 28.7 Å². The Morgan fingerprint density at radius 1 is 1.08 bits per heavy atom. The molecule has 6 rings (SSSR count). The fraction of sp³-hybridized carbons (Fsp3) is 0.333. The van der Waals surface area contributed by atoms with Gasteiger partial charge in [-0.25, -0.2) is 9.29 Å². The zero-order chi connectivity index (χ0) is 25.5. The van der Waals surface area contributed by atoms with Crippen molar-refractivity contribution < 1.29 is 28.7 Å². The molecule has 4 aliphatic rings. The predicted octanol–water partition coefficient (Wildman–Crippen LogP) is 3.70. The van der Waals surface area contributed by atoms with Crippen LogP contribution in [-0.4, -0.2) is 28.7 Å². The van der Waals surface area contributed by atoms with Crippen molar-refractivity contribution in [2.45, 2.75) is 25.7 Å². The second-order valence-corrected chi connectivity index (χ2v) is 10.6. The van der Waals surface area contributed by atoms with Gasteiger partial charge in [0.25, 0.3) is 0 Å². The van der Waals surface area contributed by atoms with E-state index in [4.69, 9.17) is 11.6 Å². The molecule has 3 fully saturated rings. The van der Waals surface area contributed by atoms with Crippen LogP contribution in [0.3, 0.4) is 0 Å². The fourth-order valence-corrected chi connectivity index (χ4v) is 7.05. The Kier molecular flexibility index (Phi) is 4.92. The zero-order valence-electron chi connectivity index (χ0n) is 19.2. The number of phenolic OH excluding ortho intramolecular Hbond substituents is 1. The number of aromatic hydroxyl groups is 1. The van der Waals surface area contributed by atoms with Crippen LogP contribution in [0, 0.1) is 34.9 Å². The number of carbonyl (C=O) groups is 4. The second-order valence-electron chi connectivity index (χ2n) is 10.2. The first kappa shape index (κ1) is 22.9. The summed E-state index contributed by atoms with van der Waals surface area (Å²) < 4.78 is 13.9. The standard InChI is InChI=1S/C27H22ClFN2O5/c1-27-17(25(35)31(26(27)36)12-6-9-19(29)18(28)10-12)11-16-13(22(27)14-4-2-3-5-20(14)32)7-8-15-21(16)24(34)30-23(15)33/h2-7,9-10,15-17,21-22,32H,8,11H2,1H3,(H,30,33,34). The molecule has 0 bridgehead atoms. The lowest BCUT2D eigenvalue weighted by atomic mass is 9.51. The highest BCUT2D eigenvalue weighted by Gasteiger charge is 2.67. The Bertz CT molecular complexity index is 1410. The van der Waals surface area contributed by atoms with Crippen molar-refractivity contribution in [2.24, 2.45) is 29.1 Å². The third kappa shape index (κ3) is 2.91. The van der Waals surface area contributed by atoms with Crippen molar-refractivity contribution in [3.05, 3.63) is 70.5 Å². The van der Waals surface area contributed by atoms with Crippen molar-refractivity contribution in [2.75, 3.05) is 4.90 Å². The summed E-state index contributed by atoms with van der Waals surface area (Å²) in [6.07, 6.45) is 2.43. The summed E-state index contributed by atoms with van der Waals surface area (Å²) in [6.45, 7) is 1.71. The number of allylic oxidation sites excluding steroid dienone is 2. The van der Waals surface area contributed by atoms with Crippen LogP contribution in [0.1, 0.15) is 31.2 Å². The van der Waals surface area contributed by atoms with Crippen LogP contribution < -0.4 is 10.2 Å². The molecule has 6 unspecified atom stereocenters. The van der Waals surface area contributed by atoms with E-state index in [0.717, 1.165) is 16.5 Å². The van der Waals surface area contributed by atoms with Gasteiger partial charge in [0, 0.05) is 11.5 Å². The number of imide groups is 2. The number of anilines is 1. The molecule has 2 aliphatic carbocycles. The summed E-state index contributed by atoms with van der Waals surface area (Å²) >= 11 is 5.97. The Labute approximate surface area is 210 Å². The van der Waals surface area contributed by atoms with Crippen LogP contribution in [0.5, 0.6) is 5.75 Å². The smallest absolute Gasteiger partial charge is 0.241 e. The highest BCUT2D eigenvalue weighted by Crippen LogP contribution is 2.64. The SMILES string of the molecule is CC12C(=O)N(c3ccc(F)c(Cl)c3)C(=O)C1CC1C(=CCC3C(=O)NC(=O)C31)C2c1ccccc1O. The van der Waals surface area contributed by atoms with E-state index in [0.29, 0.717) is 12.0 Å². The minimum absolute atomic E-state index is 0.0263. The Balaban J connectivity index is 1.54. The van der Waals surface area contributed by atoms with Crippen molar-refractivity contribution in [3.8, 4) is 5.75 Å². The summed E-state index contributed by atoms with van der Waals surface area (Å²) in [5.41, 5.74) is 0.128. The minimum atomic E-state index is -1.29. The van der Waals surface area contributed by atoms with Gasteiger partial charge in [-0.1, -0.05) is 41.4 Å². The maximum absolute atomic E-state index is 14.1. The van der Waals surface area contributed by atoms with Gasteiger partial charge < -0.3 is 5.11 Å². The summed E-state index contributed by atoms with van der Waals surface area (Å²) in [4.78, 5) is 54.3. The van der Waals surface area contributed by atoms with Gasteiger partial charge in [-0.05, 0) is 49.9 Å². The molecule has 2 N–H and O–H groups in total. The van der Waals surface area contributed by atoms with Gasteiger partial charge in [0.05, 0.1) is 33.9 Å². The number of benzene rings is 2. The Hall–Kier alpha value is -3.52. The van der Waals surface area contributed by atoms with E-state index < -0.39 is 52.6 Å². The van der Waals surface area contributed by atoms with Crippen molar-refractivity contribution in [1.29, 1.82) is 0 Å². The van der Waals surface area contributed by atoms with Gasteiger partial charge >= 0.3 is 0 Å². The summed E-state index contributed by atoms with van der Waals surface area (Å²) in [7, 11) is 0. The molecular formula is C27H22ClFN2O5. The summed E-state index contributed by atoms with van der Waals surface area (Å²) in [6, 6.07) is 10.3. The number of fused-ring (bicyclic) bond motifs is 4. The Morgan fingerprint density at radius 2 is 1.83 bits per heavy atom. The van der Waals surface area contributed by atoms with Crippen LogP contribution in [0.25, 0.3) is 0 Å². The maximum atomic E-state index is 14.1. The molecule has 4 amide bonds. The summed E-state index contributed by atoms with van der Waals surface area (Å²) in [5, 5.41) is 13.0. The largest absolute Gasteiger partial charge is 0.508 e. The lowest BCUT2D eigenvalue weighted by molar-refractivity contribution is -0.131. The topological polar surface area (TPSA) is 104 Å². The molecule has 184 valence electrons. The van der Waals surface area contributed by atoms with Gasteiger partial charge in [0.2, 0.25) is 23.6 Å². The molecule has 7 nitrogen and oxygen atoms in total. The van der Waals surface area contributed by atoms with Gasteiger partial charge in [-0.15, -0.1) is 0 Å². The summed E-state index contributed by atoms with van der Waals surface area (Å²) in [5.74, 6) is -5.52. The lowest BCUT2D eigenvalue weighted by Gasteiger charge is -2.49. The molecule has 9 heteroatoms. The number of hydrogen-bond donors (Lipinski definition) is 2. The molecule has 36 heavy (non-hydrogen) atoms. The molecule has 0 aromatic heterocycles. The third-order valence-corrected chi connectivity index (χ3v) is 8.82. The maximum Gasteiger partial charge on any atom is 0.241 e. The molecule has 0 spiro atoms. The number of para-hydroxylation sites is 1. The van der Waals surface area contributed by atoms with E-state index >= 15 is 0 Å². The molecule has 2 aromatic rings. The number of nitrogens with zero attached hydrogens (tertiary/aromatic N) is 1. The molecule has 0 radical (unpaired) electrons. The molecular weight excluding hydrogens is 487 g/mol. The van der Waals surface area contributed by atoms with Gasteiger partial charge in [-0.3, -0.25) is 24.5 Å². The number of carbonyl (C=O) groups excluding carboxylic acids is 4. The lowest BCUT2D eigenvalue weighted by Crippen LogP contribution is -2.48. The van der Waals surface area contributed by atoms with E-state index in [1.54, 1.807) is 25.1 Å². The first-order valence-corrected chi connectivity index (χ1v) is 12.2. The average Bonchev–Trinajstić information content (AvgIpc) is 3.24. The normalized spacial score (nSPS) is 33.1. The van der Waals surface area contributed by atoms with E-state index in [2.05, 4.69) is 5.32 Å².